The van der Waals surface area contributed by atoms with Gasteiger partial charge in [0.15, 0.2) is 0 Å². The van der Waals surface area contributed by atoms with Crippen LogP contribution in [0.3, 0.4) is 0 Å². The first-order valence-corrected chi connectivity index (χ1v) is 11.7. The van der Waals surface area contributed by atoms with Gasteiger partial charge in [-0.3, -0.25) is 9.59 Å². The van der Waals surface area contributed by atoms with Gasteiger partial charge in [0.1, 0.15) is 11.2 Å². The first-order chi connectivity index (χ1) is 15.5. The molecule has 3 aromatic rings. The first-order valence-electron chi connectivity index (χ1n) is 10.6. The highest BCUT2D eigenvalue weighted by Gasteiger charge is 2.50. The van der Waals surface area contributed by atoms with Crippen LogP contribution in [0.2, 0.25) is 0 Å². The quantitative estimate of drug-likeness (QED) is 0.190. The van der Waals surface area contributed by atoms with Crippen molar-refractivity contribution in [2.24, 2.45) is 5.41 Å². The Kier molecular flexibility index (Phi) is 6.48. The Labute approximate surface area is 202 Å². The summed E-state index contributed by atoms with van der Waals surface area (Å²) in [6, 6.07) is 22.1. The molecule has 3 aromatic carbocycles. The molecule has 0 fully saturated rings. The molecule has 1 aliphatic carbocycles. The van der Waals surface area contributed by atoms with Gasteiger partial charge in [0.25, 0.3) is 0 Å². The molecule has 0 spiro atoms. The van der Waals surface area contributed by atoms with Crippen molar-refractivity contribution in [3.05, 3.63) is 92.6 Å². The predicted octanol–water partition coefficient (Wildman–Crippen LogP) is 5.60. The van der Waals surface area contributed by atoms with Crippen molar-refractivity contribution in [1.29, 1.82) is 0 Å². The fraction of sp³-hybridized carbons (Fsp3) is 0.214. The maximum Gasteiger partial charge on any atom is 0.320 e. The van der Waals surface area contributed by atoms with E-state index in [-0.39, 0.29) is 12.4 Å². The molecule has 0 aliphatic heterocycles. The Morgan fingerprint density at radius 3 is 2.22 bits per heavy atom. The number of ether oxygens (including phenoxy) is 1. The smallest absolute Gasteiger partial charge is 0.320 e. The lowest BCUT2D eigenvalue weighted by atomic mass is 9.80. The van der Waals surface area contributed by atoms with Gasteiger partial charge in [-0.25, -0.2) is 0 Å². The van der Waals surface area contributed by atoms with Gasteiger partial charge in [-0.2, -0.15) is 0 Å². The third kappa shape index (κ3) is 4.10. The largest absolute Gasteiger partial charge is 0.465 e. The van der Waals surface area contributed by atoms with Gasteiger partial charge < -0.3 is 4.74 Å². The summed E-state index contributed by atoms with van der Waals surface area (Å²) in [7, 11) is 0. The van der Waals surface area contributed by atoms with Crippen LogP contribution in [0.25, 0.3) is 11.1 Å². The molecule has 4 heteroatoms. The molecule has 0 saturated heterocycles. The van der Waals surface area contributed by atoms with Crippen LogP contribution in [0.5, 0.6) is 0 Å². The van der Waals surface area contributed by atoms with E-state index in [2.05, 4.69) is 52.6 Å². The first kappa shape index (κ1) is 22.3. The van der Waals surface area contributed by atoms with Crippen LogP contribution in [-0.4, -0.2) is 18.4 Å². The van der Waals surface area contributed by atoms with Crippen LogP contribution in [0, 0.1) is 20.8 Å². The molecule has 0 aromatic heterocycles. The normalized spacial score (nSPS) is 16.6. The molecule has 0 radical (unpaired) electrons. The molecular weight excluding hydrogens is 511 g/mol. The summed E-state index contributed by atoms with van der Waals surface area (Å²) >= 11 is 2.31. The molecule has 4 rings (SSSR count). The molecular formula is C28H23IO3. The van der Waals surface area contributed by atoms with Crippen molar-refractivity contribution in [3.8, 4) is 23.0 Å². The van der Waals surface area contributed by atoms with Crippen molar-refractivity contribution in [3.63, 3.8) is 0 Å². The van der Waals surface area contributed by atoms with Crippen LogP contribution in [0.15, 0.2) is 66.7 Å². The van der Waals surface area contributed by atoms with Crippen molar-refractivity contribution in [1.82, 2.24) is 0 Å². The summed E-state index contributed by atoms with van der Waals surface area (Å²) in [5.41, 5.74) is 4.68. The third-order valence-corrected chi connectivity index (χ3v) is 6.94. The minimum atomic E-state index is -1.18. The number of benzene rings is 3. The number of ketones is 1. The molecule has 32 heavy (non-hydrogen) atoms. The highest BCUT2D eigenvalue weighted by molar-refractivity contribution is 14.1. The van der Waals surface area contributed by atoms with Gasteiger partial charge in [0.2, 0.25) is 0 Å². The Bertz CT molecular complexity index is 1240. The standard InChI is InChI=1S/C28H23IO3/c1-3-32-27(31)28(19(2)30)17-24-22(15-14-20-10-6-4-7-11-20)23(16-26(29)25(24)18-28)21-12-8-5-9-13-21/h4-13,16H,3,17-18H2,1-2H3. The second-order valence-electron chi connectivity index (χ2n) is 7.93. The minimum absolute atomic E-state index is 0.161. The molecule has 0 heterocycles. The van der Waals surface area contributed by atoms with Crippen LogP contribution in [-0.2, 0) is 27.2 Å². The fourth-order valence-corrected chi connectivity index (χ4v) is 5.07. The van der Waals surface area contributed by atoms with Crippen molar-refractivity contribution in [2.75, 3.05) is 6.61 Å². The van der Waals surface area contributed by atoms with E-state index in [1.165, 1.54) is 6.92 Å². The number of hydrogen-bond donors (Lipinski definition) is 0. The highest BCUT2D eigenvalue weighted by atomic mass is 127. The number of halogens is 1. The summed E-state index contributed by atoms with van der Waals surface area (Å²) in [5.74, 6) is 6.06. The minimum Gasteiger partial charge on any atom is -0.465 e. The van der Waals surface area contributed by atoms with E-state index >= 15 is 0 Å². The number of hydrogen-bond acceptors (Lipinski definition) is 3. The van der Waals surface area contributed by atoms with E-state index in [1.54, 1.807) is 6.92 Å². The Morgan fingerprint density at radius 1 is 0.969 bits per heavy atom. The van der Waals surface area contributed by atoms with Gasteiger partial charge in [-0.15, -0.1) is 0 Å². The van der Waals surface area contributed by atoms with Crippen molar-refractivity contribution >= 4 is 34.3 Å². The van der Waals surface area contributed by atoms with Crippen LogP contribution >= 0.6 is 22.6 Å². The highest BCUT2D eigenvalue weighted by Crippen LogP contribution is 2.45. The summed E-state index contributed by atoms with van der Waals surface area (Å²) in [4.78, 5) is 25.7. The SMILES string of the molecule is CCOC(=O)C1(C(C)=O)Cc2c(I)cc(-c3ccccc3)c(C#Cc3ccccc3)c2C1. The maximum absolute atomic E-state index is 13.0. The summed E-state index contributed by atoms with van der Waals surface area (Å²) < 4.78 is 6.38. The monoisotopic (exact) mass is 534 g/mol. The predicted molar refractivity (Wildman–Crippen MR) is 134 cm³/mol. The Morgan fingerprint density at radius 2 is 1.59 bits per heavy atom. The second kappa shape index (κ2) is 9.30. The molecule has 1 unspecified atom stereocenters. The van der Waals surface area contributed by atoms with Crippen molar-refractivity contribution in [2.45, 2.75) is 26.7 Å². The number of esters is 1. The molecule has 1 aliphatic rings. The lowest BCUT2D eigenvalue weighted by Crippen LogP contribution is -2.40. The number of carbonyl (C=O) groups excluding carboxylic acids is 2. The van der Waals surface area contributed by atoms with Crippen LogP contribution in [0.1, 0.15) is 36.1 Å². The molecule has 0 N–H and O–H groups in total. The number of carbonyl (C=O) groups is 2. The lowest BCUT2D eigenvalue weighted by Gasteiger charge is -2.23. The summed E-state index contributed by atoms with van der Waals surface area (Å²) in [5, 5.41) is 0. The zero-order valence-corrected chi connectivity index (χ0v) is 20.2. The van der Waals surface area contributed by atoms with Gasteiger partial charge in [-0.1, -0.05) is 60.4 Å². The van der Waals surface area contributed by atoms with Crippen LogP contribution < -0.4 is 0 Å². The van der Waals surface area contributed by atoms with E-state index < -0.39 is 11.4 Å². The van der Waals surface area contributed by atoms with E-state index in [4.69, 9.17) is 4.74 Å². The average Bonchev–Trinajstić information content (AvgIpc) is 3.23. The fourth-order valence-electron chi connectivity index (χ4n) is 4.25. The van der Waals surface area contributed by atoms with Gasteiger partial charge in [0, 0.05) is 14.7 Å². The number of rotatable bonds is 4. The molecule has 1 atom stereocenters. The van der Waals surface area contributed by atoms with Crippen LogP contribution in [0.4, 0.5) is 0 Å². The number of Topliss-reactive ketones (excluding diaryl/α,β-unsaturated/α-hetero) is 1. The summed E-state index contributed by atoms with van der Waals surface area (Å²) in [6.45, 7) is 3.50. The molecule has 3 nitrogen and oxygen atoms in total. The van der Waals surface area contributed by atoms with Gasteiger partial charge >= 0.3 is 5.97 Å². The Hall–Kier alpha value is -2.91. The average molecular weight is 534 g/mol. The second-order valence-corrected chi connectivity index (χ2v) is 9.09. The molecule has 0 saturated carbocycles. The molecule has 0 amide bonds. The maximum atomic E-state index is 13.0. The Balaban J connectivity index is 1.93. The van der Waals surface area contributed by atoms with Crippen molar-refractivity contribution < 1.29 is 14.3 Å². The van der Waals surface area contributed by atoms with E-state index in [9.17, 15) is 9.59 Å². The molecule has 0 bridgehead atoms. The molecule has 160 valence electrons. The van der Waals surface area contributed by atoms with Gasteiger partial charge in [-0.05, 0) is 89.7 Å². The third-order valence-electron chi connectivity index (χ3n) is 5.98. The topological polar surface area (TPSA) is 43.4 Å². The van der Waals surface area contributed by atoms with E-state index in [0.29, 0.717) is 12.8 Å². The lowest BCUT2D eigenvalue weighted by molar-refractivity contribution is -0.159. The summed E-state index contributed by atoms with van der Waals surface area (Å²) in [6.07, 6.45) is 0.663. The van der Waals surface area contributed by atoms with E-state index in [1.807, 2.05) is 48.5 Å². The zero-order chi connectivity index (χ0) is 22.7. The van der Waals surface area contributed by atoms with Gasteiger partial charge in [0.05, 0.1) is 6.61 Å². The van der Waals surface area contributed by atoms with E-state index in [0.717, 1.165) is 37.0 Å². The number of fused-ring (bicyclic) bond motifs is 1. The zero-order valence-electron chi connectivity index (χ0n) is 18.1.